The van der Waals surface area contributed by atoms with E-state index in [1.54, 1.807) is 43.2 Å². The Morgan fingerprint density at radius 3 is 2.67 bits per heavy atom. The number of hydrogen-bond donors (Lipinski definition) is 3. The minimum atomic E-state index is -0.275. The number of amides is 2. The molecule has 1 aliphatic rings. The Morgan fingerprint density at radius 1 is 1.44 bits per heavy atom. The predicted molar refractivity (Wildman–Crippen MR) is 111 cm³/mol. The van der Waals surface area contributed by atoms with E-state index < -0.39 is 0 Å². The maximum absolute atomic E-state index is 12.3. The molecule has 0 bridgehead atoms. The van der Waals surface area contributed by atoms with Gasteiger partial charge in [-0.05, 0) is 28.1 Å². The van der Waals surface area contributed by atoms with Crippen molar-refractivity contribution in [2.75, 3.05) is 34.3 Å². The van der Waals surface area contributed by atoms with Crippen molar-refractivity contribution < 1.29 is 9.53 Å². The lowest BCUT2D eigenvalue weighted by Crippen LogP contribution is -2.45. The molecule has 1 aromatic rings. The van der Waals surface area contributed by atoms with E-state index in [-0.39, 0.29) is 24.9 Å². The first-order chi connectivity index (χ1) is 12.6. The number of benzene rings is 1. The maximum atomic E-state index is 12.3. The van der Waals surface area contributed by atoms with Gasteiger partial charge in [-0.2, -0.15) is 0 Å². The van der Waals surface area contributed by atoms with Crippen LogP contribution in [0, 0.1) is 0 Å². The van der Waals surface area contributed by atoms with E-state index in [0.29, 0.717) is 37.8 Å². The number of nitrogens with zero attached hydrogens (tertiary/aromatic N) is 3. The minimum absolute atomic E-state index is 0.0967. The highest BCUT2D eigenvalue weighted by Gasteiger charge is 2.29. The molecule has 0 spiro atoms. The number of ether oxygens (including phenoxy) is 1. The molecule has 5 N–H and O–H groups in total. The highest BCUT2D eigenvalue weighted by molar-refractivity contribution is 9.10. The van der Waals surface area contributed by atoms with Gasteiger partial charge in [0.05, 0.1) is 35.4 Å². The molecule has 2 amide bonds. The SMILES string of the molecule is C=C(N)N=C(C1=C(N)CN(C(=O)NN(C)C)C1)c1cc(OC)c(Br)cc1Cl. The molecule has 0 unspecified atom stereocenters. The molecule has 10 heteroatoms. The zero-order valence-corrected chi connectivity index (χ0v) is 17.7. The number of urea groups is 1. The maximum Gasteiger partial charge on any atom is 0.332 e. The van der Waals surface area contributed by atoms with Crippen LogP contribution >= 0.6 is 27.5 Å². The van der Waals surface area contributed by atoms with Crippen LogP contribution in [-0.2, 0) is 0 Å². The number of hydrogen-bond acceptors (Lipinski definition) is 6. The summed E-state index contributed by atoms with van der Waals surface area (Å²) in [6, 6.07) is 3.16. The summed E-state index contributed by atoms with van der Waals surface area (Å²) >= 11 is 9.82. The Balaban J connectivity index is 2.46. The van der Waals surface area contributed by atoms with Crippen LogP contribution in [0.5, 0.6) is 5.75 Å². The molecule has 0 fully saturated rings. The second-order valence-electron chi connectivity index (χ2n) is 6.09. The number of aliphatic imine (C=N–C) groups is 1. The van der Waals surface area contributed by atoms with Crippen molar-refractivity contribution in [3.8, 4) is 5.75 Å². The van der Waals surface area contributed by atoms with Gasteiger partial charge < -0.3 is 21.1 Å². The fraction of sp³-hybridized carbons (Fsp3) is 0.294. The fourth-order valence-electron chi connectivity index (χ4n) is 2.58. The average Bonchev–Trinajstić information content (AvgIpc) is 2.94. The smallest absolute Gasteiger partial charge is 0.332 e. The Labute approximate surface area is 171 Å². The fourth-order valence-corrected chi connectivity index (χ4v) is 3.47. The van der Waals surface area contributed by atoms with Crippen molar-refractivity contribution in [1.29, 1.82) is 0 Å². The molecular formula is C17H22BrClN6O2. The lowest BCUT2D eigenvalue weighted by Gasteiger charge is -2.20. The van der Waals surface area contributed by atoms with Crippen molar-refractivity contribution in [1.82, 2.24) is 15.3 Å². The number of rotatable bonds is 5. The summed E-state index contributed by atoms with van der Waals surface area (Å²) in [6.07, 6.45) is 0. The van der Waals surface area contributed by atoms with Crippen LogP contribution in [0.4, 0.5) is 4.79 Å². The first-order valence-corrected chi connectivity index (χ1v) is 9.08. The van der Waals surface area contributed by atoms with Gasteiger partial charge in [0.25, 0.3) is 0 Å². The average molecular weight is 458 g/mol. The normalized spacial score (nSPS) is 14.7. The summed E-state index contributed by atoms with van der Waals surface area (Å²) in [5.74, 6) is 0.670. The van der Waals surface area contributed by atoms with Gasteiger partial charge in [0, 0.05) is 30.9 Å². The van der Waals surface area contributed by atoms with Crippen LogP contribution in [0.25, 0.3) is 0 Å². The van der Waals surface area contributed by atoms with Gasteiger partial charge in [-0.3, -0.25) is 5.43 Å². The third-order valence-electron chi connectivity index (χ3n) is 3.74. The molecule has 1 aromatic carbocycles. The van der Waals surface area contributed by atoms with Crippen LogP contribution in [0.2, 0.25) is 5.02 Å². The summed E-state index contributed by atoms with van der Waals surface area (Å²) < 4.78 is 6.05. The quantitative estimate of drug-likeness (QED) is 0.463. The van der Waals surface area contributed by atoms with Crippen LogP contribution in [-0.4, -0.2) is 55.9 Å². The van der Waals surface area contributed by atoms with Gasteiger partial charge in [0.2, 0.25) is 0 Å². The molecule has 0 saturated carbocycles. The monoisotopic (exact) mass is 456 g/mol. The second kappa shape index (κ2) is 8.64. The molecule has 27 heavy (non-hydrogen) atoms. The molecule has 0 radical (unpaired) electrons. The highest BCUT2D eigenvalue weighted by Crippen LogP contribution is 2.34. The van der Waals surface area contributed by atoms with E-state index >= 15 is 0 Å². The van der Waals surface area contributed by atoms with Crippen LogP contribution in [0.3, 0.4) is 0 Å². The molecule has 0 aromatic heterocycles. The van der Waals surface area contributed by atoms with Crippen molar-refractivity contribution in [3.05, 3.63) is 50.9 Å². The van der Waals surface area contributed by atoms with E-state index in [9.17, 15) is 4.79 Å². The summed E-state index contributed by atoms with van der Waals surface area (Å²) in [6.45, 7) is 4.16. The topological polar surface area (TPSA) is 109 Å². The largest absolute Gasteiger partial charge is 0.496 e. The van der Waals surface area contributed by atoms with Crippen molar-refractivity contribution in [2.45, 2.75) is 0 Å². The van der Waals surface area contributed by atoms with Crippen molar-refractivity contribution in [2.24, 2.45) is 16.5 Å². The van der Waals surface area contributed by atoms with E-state index in [2.05, 4.69) is 32.9 Å². The molecule has 0 atom stereocenters. The number of carbonyl (C=O) groups is 1. The summed E-state index contributed by atoms with van der Waals surface area (Å²) in [5.41, 5.74) is 16.8. The van der Waals surface area contributed by atoms with E-state index in [1.165, 1.54) is 0 Å². The number of methoxy groups -OCH3 is 1. The lowest BCUT2D eigenvalue weighted by atomic mass is 10.0. The van der Waals surface area contributed by atoms with E-state index in [0.717, 1.165) is 0 Å². The first kappa shape index (κ1) is 21.1. The lowest BCUT2D eigenvalue weighted by molar-refractivity contribution is 0.181. The van der Waals surface area contributed by atoms with Crippen LogP contribution < -0.4 is 21.6 Å². The molecule has 0 saturated heterocycles. The van der Waals surface area contributed by atoms with Crippen molar-refractivity contribution >= 4 is 39.3 Å². The molecule has 2 rings (SSSR count). The highest BCUT2D eigenvalue weighted by atomic mass is 79.9. The zero-order chi connectivity index (χ0) is 20.3. The first-order valence-electron chi connectivity index (χ1n) is 7.91. The summed E-state index contributed by atoms with van der Waals surface area (Å²) in [4.78, 5) is 18.2. The molecule has 1 aliphatic heterocycles. The van der Waals surface area contributed by atoms with Gasteiger partial charge in [-0.25, -0.2) is 14.8 Å². The standard InChI is InChI=1S/C17H22BrClN6O2/c1-9(20)22-16(10-5-15(27-4)12(18)6-13(10)19)11-7-25(8-14(11)21)17(26)23-24(2)3/h5-6H,1,7-8,20-21H2,2-4H3,(H,23,26). The number of hydrazine groups is 1. The Hall–Kier alpha value is -2.23. The summed E-state index contributed by atoms with van der Waals surface area (Å²) in [5, 5.41) is 1.99. The molecule has 8 nitrogen and oxygen atoms in total. The minimum Gasteiger partial charge on any atom is -0.496 e. The number of halogens is 2. The predicted octanol–water partition coefficient (Wildman–Crippen LogP) is 2.04. The van der Waals surface area contributed by atoms with Gasteiger partial charge in [-0.1, -0.05) is 18.2 Å². The van der Waals surface area contributed by atoms with E-state index in [1.807, 2.05) is 0 Å². The van der Waals surface area contributed by atoms with E-state index in [4.69, 9.17) is 27.8 Å². The molecule has 146 valence electrons. The molecule has 1 heterocycles. The Bertz CT molecular complexity index is 837. The zero-order valence-electron chi connectivity index (χ0n) is 15.3. The Morgan fingerprint density at radius 2 is 2.11 bits per heavy atom. The Kier molecular flexibility index (Phi) is 6.74. The number of nitrogens with two attached hydrogens (primary N) is 2. The third kappa shape index (κ3) is 4.94. The second-order valence-corrected chi connectivity index (χ2v) is 7.35. The molecular weight excluding hydrogens is 436 g/mol. The van der Waals surface area contributed by atoms with Crippen LogP contribution in [0.1, 0.15) is 5.56 Å². The number of nitrogens with one attached hydrogen (secondary N) is 1. The van der Waals surface area contributed by atoms with Gasteiger partial charge in [0.15, 0.2) is 0 Å². The number of carbonyl (C=O) groups excluding carboxylic acids is 1. The third-order valence-corrected chi connectivity index (χ3v) is 4.67. The van der Waals surface area contributed by atoms with Crippen molar-refractivity contribution in [3.63, 3.8) is 0 Å². The van der Waals surface area contributed by atoms with Gasteiger partial charge >= 0.3 is 6.03 Å². The summed E-state index contributed by atoms with van der Waals surface area (Å²) in [7, 11) is 5.00. The van der Waals surface area contributed by atoms with Crippen LogP contribution in [0.15, 0.2) is 45.3 Å². The van der Waals surface area contributed by atoms with Gasteiger partial charge in [0.1, 0.15) is 11.6 Å². The van der Waals surface area contributed by atoms with Gasteiger partial charge in [-0.15, -0.1) is 0 Å². The molecule has 0 aliphatic carbocycles.